The van der Waals surface area contributed by atoms with E-state index in [9.17, 15) is 14.4 Å². The lowest BCUT2D eigenvalue weighted by Crippen LogP contribution is -2.60. The molecule has 3 amide bonds. The highest BCUT2D eigenvalue weighted by molar-refractivity contribution is 5.91. The number of carboxylic acids is 1. The molecule has 0 bridgehead atoms. The van der Waals surface area contributed by atoms with E-state index < -0.39 is 17.9 Å². The number of carboxylic acid groups (broad SMARTS) is 1. The van der Waals surface area contributed by atoms with Gasteiger partial charge in [0.1, 0.15) is 6.04 Å². The van der Waals surface area contributed by atoms with Crippen LogP contribution < -0.4 is 10.6 Å². The maximum Gasteiger partial charge on any atom is 0.318 e. The van der Waals surface area contributed by atoms with Gasteiger partial charge in [0.15, 0.2) is 0 Å². The van der Waals surface area contributed by atoms with Crippen LogP contribution in [-0.4, -0.2) is 53.6 Å². The van der Waals surface area contributed by atoms with Crippen molar-refractivity contribution in [1.82, 2.24) is 15.5 Å². The van der Waals surface area contributed by atoms with Crippen LogP contribution in [0.25, 0.3) is 0 Å². The first-order valence-electron chi connectivity index (χ1n) is 6.62. The molecule has 0 spiro atoms. The van der Waals surface area contributed by atoms with Crippen molar-refractivity contribution in [2.45, 2.75) is 31.7 Å². The van der Waals surface area contributed by atoms with Crippen LogP contribution in [0.2, 0.25) is 0 Å². The van der Waals surface area contributed by atoms with Crippen molar-refractivity contribution in [3.63, 3.8) is 0 Å². The molecule has 0 aromatic heterocycles. The van der Waals surface area contributed by atoms with Crippen LogP contribution in [0.1, 0.15) is 25.7 Å². The Kier molecular flexibility index (Phi) is 4.24. The molecule has 0 aromatic carbocycles. The van der Waals surface area contributed by atoms with E-state index in [0.29, 0.717) is 25.6 Å². The van der Waals surface area contributed by atoms with Crippen molar-refractivity contribution in [1.29, 1.82) is 0 Å². The van der Waals surface area contributed by atoms with E-state index >= 15 is 0 Å². The molecule has 2 rings (SSSR count). The molecular formula is C12H19N3O4. The molecule has 1 heterocycles. The summed E-state index contributed by atoms with van der Waals surface area (Å²) in [5.74, 6) is -0.952. The summed E-state index contributed by atoms with van der Waals surface area (Å²) >= 11 is 0. The third-order valence-electron chi connectivity index (χ3n) is 3.73. The number of hydrogen-bond acceptors (Lipinski definition) is 3. The second kappa shape index (κ2) is 5.90. The first-order chi connectivity index (χ1) is 9.08. The van der Waals surface area contributed by atoms with Crippen LogP contribution >= 0.6 is 0 Å². The number of urea groups is 1. The summed E-state index contributed by atoms with van der Waals surface area (Å²) in [5.41, 5.74) is 0. The Labute approximate surface area is 111 Å². The second-order valence-corrected chi connectivity index (χ2v) is 5.08. The Hall–Kier alpha value is -1.79. The highest BCUT2D eigenvalue weighted by atomic mass is 16.4. The molecular weight excluding hydrogens is 250 g/mol. The summed E-state index contributed by atoms with van der Waals surface area (Å²) in [6.07, 6.45) is 3.09. The number of rotatable bonds is 4. The van der Waals surface area contributed by atoms with E-state index in [-0.39, 0.29) is 12.5 Å². The van der Waals surface area contributed by atoms with Crippen LogP contribution in [0, 0.1) is 5.92 Å². The summed E-state index contributed by atoms with van der Waals surface area (Å²) in [4.78, 5) is 35.8. The Morgan fingerprint density at radius 2 is 2.16 bits per heavy atom. The summed E-state index contributed by atoms with van der Waals surface area (Å²) in [7, 11) is 0. The van der Waals surface area contributed by atoms with E-state index in [1.165, 1.54) is 11.3 Å². The Bertz CT molecular complexity index is 381. The van der Waals surface area contributed by atoms with Crippen molar-refractivity contribution in [2.75, 3.05) is 19.6 Å². The summed E-state index contributed by atoms with van der Waals surface area (Å²) in [6, 6.07) is -1.25. The minimum absolute atomic E-state index is 0.340. The number of nitrogens with zero attached hydrogens (tertiary/aromatic N) is 1. The van der Waals surface area contributed by atoms with Crippen molar-refractivity contribution >= 4 is 17.9 Å². The van der Waals surface area contributed by atoms with Crippen LogP contribution in [-0.2, 0) is 9.59 Å². The Morgan fingerprint density at radius 1 is 1.42 bits per heavy atom. The molecule has 1 aliphatic carbocycles. The number of piperazine rings is 1. The SMILES string of the molecule is O=C(O)CC1C(=O)NCCN1C(=O)NCC1CCC1. The van der Waals surface area contributed by atoms with Gasteiger partial charge in [0.2, 0.25) is 5.91 Å². The third-order valence-corrected chi connectivity index (χ3v) is 3.73. The fourth-order valence-electron chi connectivity index (χ4n) is 2.36. The predicted molar refractivity (Wildman–Crippen MR) is 66.5 cm³/mol. The monoisotopic (exact) mass is 269 g/mol. The lowest BCUT2D eigenvalue weighted by molar-refractivity contribution is -0.142. The second-order valence-electron chi connectivity index (χ2n) is 5.08. The molecule has 1 saturated heterocycles. The Morgan fingerprint density at radius 3 is 2.74 bits per heavy atom. The van der Waals surface area contributed by atoms with Crippen molar-refractivity contribution in [3.05, 3.63) is 0 Å². The molecule has 7 heteroatoms. The number of carbonyl (C=O) groups excluding carboxylic acids is 2. The number of nitrogens with one attached hydrogen (secondary N) is 2. The molecule has 7 nitrogen and oxygen atoms in total. The van der Waals surface area contributed by atoms with E-state index in [4.69, 9.17) is 5.11 Å². The van der Waals surface area contributed by atoms with Crippen LogP contribution in [0.5, 0.6) is 0 Å². The number of carbonyl (C=O) groups is 3. The lowest BCUT2D eigenvalue weighted by atomic mass is 9.85. The van der Waals surface area contributed by atoms with Gasteiger partial charge in [-0.15, -0.1) is 0 Å². The van der Waals surface area contributed by atoms with Gasteiger partial charge < -0.3 is 20.6 Å². The average molecular weight is 269 g/mol. The maximum atomic E-state index is 12.0. The normalized spacial score (nSPS) is 23.5. The quantitative estimate of drug-likeness (QED) is 0.656. The van der Waals surface area contributed by atoms with Gasteiger partial charge in [-0.25, -0.2) is 4.79 Å². The van der Waals surface area contributed by atoms with Crippen LogP contribution in [0.3, 0.4) is 0 Å². The summed E-state index contributed by atoms with van der Waals surface area (Å²) in [5, 5.41) is 14.2. The molecule has 2 aliphatic rings. The lowest BCUT2D eigenvalue weighted by Gasteiger charge is -2.35. The number of hydrogen-bond donors (Lipinski definition) is 3. The first-order valence-corrected chi connectivity index (χ1v) is 6.62. The molecule has 1 aliphatic heterocycles. The zero-order chi connectivity index (χ0) is 13.8. The molecule has 1 atom stereocenters. The summed E-state index contributed by atoms with van der Waals surface area (Å²) < 4.78 is 0. The van der Waals surface area contributed by atoms with E-state index in [0.717, 1.165) is 12.8 Å². The zero-order valence-electron chi connectivity index (χ0n) is 10.7. The van der Waals surface area contributed by atoms with Gasteiger partial charge in [0.25, 0.3) is 0 Å². The van der Waals surface area contributed by atoms with E-state index in [2.05, 4.69) is 10.6 Å². The minimum Gasteiger partial charge on any atom is -0.481 e. The highest BCUT2D eigenvalue weighted by Crippen LogP contribution is 2.25. The topological polar surface area (TPSA) is 98.7 Å². The van der Waals surface area contributed by atoms with Gasteiger partial charge in [0.05, 0.1) is 6.42 Å². The molecule has 1 unspecified atom stereocenters. The predicted octanol–water partition coefficient (Wildman–Crippen LogP) is -0.229. The molecule has 19 heavy (non-hydrogen) atoms. The Balaban J connectivity index is 1.91. The standard InChI is InChI=1S/C12H19N3O4/c16-10(17)6-9-11(18)13-4-5-15(9)12(19)14-7-8-2-1-3-8/h8-9H,1-7H2,(H,13,18)(H,14,19)(H,16,17). The van der Waals surface area contributed by atoms with Crippen molar-refractivity contribution in [3.8, 4) is 0 Å². The van der Waals surface area contributed by atoms with Gasteiger partial charge in [-0.05, 0) is 18.8 Å². The van der Waals surface area contributed by atoms with Crippen molar-refractivity contribution < 1.29 is 19.5 Å². The van der Waals surface area contributed by atoms with Crippen LogP contribution in [0.15, 0.2) is 0 Å². The van der Waals surface area contributed by atoms with Gasteiger partial charge in [-0.3, -0.25) is 9.59 Å². The van der Waals surface area contributed by atoms with E-state index in [1.807, 2.05) is 0 Å². The largest absolute Gasteiger partial charge is 0.481 e. The molecule has 1 saturated carbocycles. The first kappa shape index (κ1) is 13.6. The maximum absolute atomic E-state index is 12.0. The van der Waals surface area contributed by atoms with E-state index in [1.54, 1.807) is 0 Å². The summed E-state index contributed by atoms with van der Waals surface area (Å²) in [6.45, 7) is 1.32. The molecule has 0 radical (unpaired) electrons. The van der Waals surface area contributed by atoms with Crippen molar-refractivity contribution in [2.24, 2.45) is 5.92 Å². The van der Waals surface area contributed by atoms with Gasteiger partial charge in [-0.2, -0.15) is 0 Å². The minimum atomic E-state index is -1.08. The fraction of sp³-hybridized carbons (Fsp3) is 0.750. The zero-order valence-corrected chi connectivity index (χ0v) is 10.7. The highest BCUT2D eigenvalue weighted by Gasteiger charge is 2.34. The third kappa shape index (κ3) is 3.36. The fourth-order valence-corrected chi connectivity index (χ4v) is 2.36. The number of amides is 3. The van der Waals surface area contributed by atoms with Crippen LogP contribution in [0.4, 0.5) is 4.79 Å². The molecule has 0 aromatic rings. The number of aliphatic carboxylic acids is 1. The van der Waals surface area contributed by atoms with Gasteiger partial charge in [-0.1, -0.05) is 6.42 Å². The smallest absolute Gasteiger partial charge is 0.318 e. The molecule has 106 valence electrons. The van der Waals surface area contributed by atoms with Gasteiger partial charge >= 0.3 is 12.0 Å². The average Bonchev–Trinajstić information content (AvgIpc) is 2.29. The molecule has 2 fully saturated rings. The molecule has 3 N–H and O–H groups in total. The van der Waals surface area contributed by atoms with Gasteiger partial charge in [0, 0.05) is 19.6 Å².